The Hall–Kier alpha value is -3.12. The van der Waals surface area contributed by atoms with E-state index in [0.29, 0.717) is 41.3 Å². The van der Waals surface area contributed by atoms with Gasteiger partial charge in [-0.1, -0.05) is 0 Å². The Labute approximate surface area is 197 Å². The van der Waals surface area contributed by atoms with Gasteiger partial charge in [0.1, 0.15) is 22.1 Å². The van der Waals surface area contributed by atoms with Crippen LogP contribution in [0.4, 0.5) is 24.8 Å². The first-order chi connectivity index (χ1) is 16.0. The van der Waals surface area contributed by atoms with E-state index >= 15 is 0 Å². The van der Waals surface area contributed by atoms with E-state index in [1.807, 2.05) is 0 Å². The average molecular weight is 494 g/mol. The molecule has 1 atom stereocenters. The van der Waals surface area contributed by atoms with E-state index in [4.69, 9.17) is 0 Å². The Balaban J connectivity index is 1.50. The molecule has 0 radical (unpaired) electrons. The molecular formula is C22H22F3N5O3S. The van der Waals surface area contributed by atoms with Gasteiger partial charge >= 0.3 is 12.1 Å². The molecule has 0 bridgehead atoms. The van der Waals surface area contributed by atoms with Gasteiger partial charge in [-0.3, -0.25) is 9.78 Å². The van der Waals surface area contributed by atoms with Crippen LogP contribution in [-0.4, -0.2) is 36.1 Å². The molecule has 0 amide bonds. The SMILES string of the molecule is C[C@@](O)(c1ncc(-c2cncc(Nc3cc(C(F)(F)F)ccn3)n2)s1)C1CCC(C(=O)O)CC1. The summed E-state index contributed by atoms with van der Waals surface area (Å²) >= 11 is 1.24. The Morgan fingerprint density at radius 3 is 2.53 bits per heavy atom. The predicted molar refractivity (Wildman–Crippen MR) is 118 cm³/mol. The highest BCUT2D eigenvalue weighted by Gasteiger charge is 2.40. The number of anilines is 2. The zero-order valence-corrected chi connectivity index (χ0v) is 18.9. The van der Waals surface area contributed by atoms with Gasteiger partial charge in [0.05, 0.1) is 28.8 Å². The second-order valence-corrected chi connectivity index (χ2v) is 9.44. The summed E-state index contributed by atoms with van der Waals surface area (Å²) in [5.74, 6) is -1.12. The third-order valence-electron chi connectivity index (χ3n) is 6.04. The summed E-state index contributed by atoms with van der Waals surface area (Å²) in [7, 11) is 0. The fourth-order valence-corrected chi connectivity index (χ4v) is 5.05. The van der Waals surface area contributed by atoms with Crippen molar-refractivity contribution in [1.82, 2.24) is 19.9 Å². The minimum absolute atomic E-state index is 0.0221. The van der Waals surface area contributed by atoms with E-state index in [1.165, 1.54) is 23.7 Å². The summed E-state index contributed by atoms with van der Waals surface area (Å²) in [4.78, 5) is 28.6. The molecule has 4 rings (SSSR count). The molecule has 3 aromatic rings. The molecular weight excluding hydrogens is 471 g/mol. The third kappa shape index (κ3) is 5.17. The number of nitrogens with zero attached hydrogens (tertiary/aromatic N) is 4. The first kappa shape index (κ1) is 24.0. The van der Waals surface area contributed by atoms with Gasteiger partial charge in [-0.15, -0.1) is 11.3 Å². The first-order valence-corrected chi connectivity index (χ1v) is 11.4. The van der Waals surface area contributed by atoms with Crippen LogP contribution in [0.2, 0.25) is 0 Å². The first-order valence-electron chi connectivity index (χ1n) is 10.6. The van der Waals surface area contributed by atoms with E-state index < -0.39 is 23.3 Å². The third-order valence-corrected chi connectivity index (χ3v) is 7.29. The van der Waals surface area contributed by atoms with Crippen LogP contribution < -0.4 is 5.32 Å². The molecule has 0 spiro atoms. The summed E-state index contributed by atoms with van der Waals surface area (Å²) in [6, 6.07) is 1.77. The van der Waals surface area contributed by atoms with E-state index in [2.05, 4.69) is 25.3 Å². The van der Waals surface area contributed by atoms with Gasteiger partial charge in [0.2, 0.25) is 0 Å². The number of aliphatic carboxylic acids is 1. The molecule has 1 aliphatic rings. The van der Waals surface area contributed by atoms with Crippen LogP contribution >= 0.6 is 11.3 Å². The van der Waals surface area contributed by atoms with Crippen molar-refractivity contribution in [3.8, 4) is 10.6 Å². The van der Waals surface area contributed by atoms with Gasteiger partial charge in [0.15, 0.2) is 5.82 Å². The lowest BCUT2D eigenvalue weighted by atomic mass is 9.74. The highest BCUT2D eigenvalue weighted by Crippen LogP contribution is 2.43. The molecule has 3 N–H and O–H groups in total. The molecule has 8 nitrogen and oxygen atoms in total. The van der Waals surface area contributed by atoms with Crippen LogP contribution in [0.5, 0.6) is 0 Å². The van der Waals surface area contributed by atoms with Crippen LogP contribution in [0.15, 0.2) is 36.9 Å². The van der Waals surface area contributed by atoms with Gasteiger partial charge in [-0.2, -0.15) is 13.2 Å². The Kier molecular flexibility index (Phi) is 6.54. The number of hydrogen-bond acceptors (Lipinski definition) is 8. The largest absolute Gasteiger partial charge is 0.481 e. The summed E-state index contributed by atoms with van der Waals surface area (Å²) in [6.45, 7) is 1.68. The maximum atomic E-state index is 12.9. The molecule has 0 aromatic carbocycles. The fraction of sp³-hybridized carbons (Fsp3) is 0.409. The molecule has 180 valence electrons. The number of pyridine rings is 1. The lowest BCUT2D eigenvalue weighted by Gasteiger charge is -2.35. The van der Waals surface area contributed by atoms with Crippen LogP contribution in [0.1, 0.15) is 43.2 Å². The number of nitrogens with one attached hydrogen (secondary N) is 1. The fourth-order valence-electron chi connectivity index (χ4n) is 4.05. The highest BCUT2D eigenvalue weighted by atomic mass is 32.1. The van der Waals surface area contributed by atoms with Crippen LogP contribution in [-0.2, 0) is 16.6 Å². The number of carboxylic acids is 1. The second-order valence-electron chi connectivity index (χ2n) is 8.41. The molecule has 1 fully saturated rings. The van der Waals surface area contributed by atoms with Crippen molar-refractivity contribution in [2.45, 2.75) is 44.4 Å². The van der Waals surface area contributed by atoms with Crippen molar-refractivity contribution in [3.05, 3.63) is 47.5 Å². The van der Waals surface area contributed by atoms with Crippen molar-refractivity contribution in [2.75, 3.05) is 5.32 Å². The molecule has 1 aliphatic carbocycles. The smallest absolute Gasteiger partial charge is 0.416 e. The number of halogens is 3. The molecule has 12 heteroatoms. The number of hydrogen-bond donors (Lipinski definition) is 3. The summed E-state index contributed by atoms with van der Waals surface area (Å²) < 4.78 is 38.8. The number of carbonyl (C=O) groups is 1. The number of carboxylic acid groups (broad SMARTS) is 1. The monoisotopic (exact) mass is 493 g/mol. The Morgan fingerprint density at radius 2 is 1.85 bits per heavy atom. The number of rotatable bonds is 6. The van der Waals surface area contributed by atoms with Crippen molar-refractivity contribution in [1.29, 1.82) is 0 Å². The lowest BCUT2D eigenvalue weighted by molar-refractivity contribution is -0.144. The zero-order chi connectivity index (χ0) is 24.5. The van der Waals surface area contributed by atoms with Crippen molar-refractivity contribution >= 4 is 28.9 Å². The van der Waals surface area contributed by atoms with Crippen LogP contribution in [0.3, 0.4) is 0 Å². The highest BCUT2D eigenvalue weighted by molar-refractivity contribution is 7.15. The van der Waals surface area contributed by atoms with Crippen LogP contribution in [0, 0.1) is 11.8 Å². The lowest BCUT2D eigenvalue weighted by Crippen LogP contribution is -2.35. The van der Waals surface area contributed by atoms with Crippen LogP contribution in [0.25, 0.3) is 10.6 Å². The summed E-state index contributed by atoms with van der Waals surface area (Å²) in [6.07, 6.45) is 3.19. The Bertz CT molecular complexity index is 1180. The predicted octanol–water partition coefficient (Wildman–Crippen LogP) is 4.86. The van der Waals surface area contributed by atoms with Crippen molar-refractivity contribution in [3.63, 3.8) is 0 Å². The van der Waals surface area contributed by atoms with E-state index in [-0.39, 0.29) is 23.5 Å². The molecule has 1 saturated carbocycles. The minimum Gasteiger partial charge on any atom is -0.481 e. The molecule has 3 aromatic heterocycles. The van der Waals surface area contributed by atoms with Gasteiger partial charge in [-0.25, -0.2) is 15.0 Å². The second kappa shape index (κ2) is 9.26. The summed E-state index contributed by atoms with van der Waals surface area (Å²) in [5, 5.41) is 23.6. The number of aromatic nitrogens is 4. The molecule has 3 heterocycles. The Morgan fingerprint density at radius 1 is 1.12 bits per heavy atom. The quantitative estimate of drug-likeness (QED) is 0.445. The van der Waals surface area contributed by atoms with Gasteiger partial charge in [-0.05, 0) is 50.7 Å². The maximum absolute atomic E-state index is 12.9. The zero-order valence-electron chi connectivity index (χ0n) is 18.1. The molecule has 0 aliphatic heterocycles. The number of thiazole rings is 1. The number of aliphatic hydroxyl groups is 1. The molecule has 34 heavy (non-hydrogen) atoms. The molecule has 0 unspecified atom stereocenters. The average Bonchev–Trinajstić information content (AvgIpc) is 3.30. The minimum atomic E-state index is -4.49. The normalized spacial score (nSPS) is 20.5. The van der Waals surface area contributed by atoms with E-state index in [9.17, 15) is 28.2 Å². The van der Waals surface area contributed by atoms with E-state index in [1.54, 1.807) is 13.1 Å². The van der Waals surface area contributed by atoms with Gasteiger partial charge < -0.3 is 15.5 Å². The topological polar surface area (TPSA) is 121 Å². The maximum Gasteiger partial charge on any atom is 0.416 e. The van der Waals surface area contributed by atoms with Gasteiger partial charge in [0, 0.05) is 12.4 Å². The van der Waals surface area contributed by atoms with Gasteiger partial charge in [0.25, 0.3) is 0 Å². The number of alkyl halides is 3. The van der Waals surface area contributed by atoms with E-state index in [0.717, 1.165) is 18.3 Å². The molecule has 0 saturated heterocycles. The van der Waals surface area contributed by atoms with Crippen molar-refractivity contribution in [2.24, 2.45) is 11.8 Å². The summed E-state index contributed by atoms with van der Waals surface area (Å²) in [5.41, 5.74) is -1.62. The van der Waals surface area contributed by atoms with Crippen molar-refractivity contribution < 1.29 is 28.2 Å². The standard InChI is InChI=1S/C22H22F3N5O3S/c1-21(33,13-4-2-12(3-5-13)19(31)32)20-28-10-16(34-20)15-9-26-11-18(29-15)30-17-8-14(6-7-27-17)22(23,24)25/h6-13,33H,2-5H2,1H3,(H,31,32)(H,27,29,30)/t12?,13?,21-/m0/s1.